The van der Waals surface area contributed by atoms with Crippen molar-refractivity contribution >= 4 is 11.9 Å². The smallest absolute Gasteiger partial charge is 0.326 e. The van der Waals surface area contributed by atoms with Gasteiger partial charge in [0, 0.05) is 12.0 Å². The minimum Gasteiger partial charge on any atom is -0.486 e. The molecule has 2 fully saturated rings. The Morgan fingerprint density at radius 1 is 1.21 bits per heavy atom. The third-order valence-corrected chi connectivity index (χ3v) is 5.07. The molecule has 3 aliphatic rings. The number of carboxylic acid groups (broad SMARTS) is 1. The topological polar surface area (TPSA) is 76.1 Å². The molecular formula is C18H21NO5. The van der Waals surface area contributed by atoms with Gasteiger partial charge in [-0.1, -0.05) is 6.07 Å². The number of ether oxygens (including phenoxy) is 2. The molecule has 6 nitrogen and oxygen atoms in total. The highest BCUT2D eigenvalue weighted by atomic mass is 16.6. The fourth-order valence-corrected chi connectivity index (χ4v) is 3.48. The SMILES string of the molecule is CC(C(=O)O)N(C(=O)C1CC1c1ccc2c(c1)OCCO2)C1CC1. The van der Waals surface area contributed by atoms with Crippen LogP contribution in [0, 0.1) is 5.92 Å². The molecule has 0 bridgehead atoms. The van der Waals surface area contributed by atoms with Gasteiger partial charge >= 0.3 is 5.97 Å². The maximum atomic E-state index is 12.8. The van der Waals surface area contributed by atoms with Gasteiger partial charge in [-0.05, 0) is 49.8 Å². The van der Waals surface area contributed by atoms with Crippen LogP contribution in [0.25, 0.3) is 0 Å². The Balaban J connectivity index is 1.49. The molecule has 24 heavy (non-hydrogen) atoms. The van der Waals surface area contributed by atoms with Crippen molar-refractivity contribution < 1.29 is 24.2 Å². The molecule has 1 aliphatic heterocycles. The first-order valence-electron chi connectivity index (χ1n) is 8.51. The summed E-state index contributed by atoms with van der Waals surface area (Å²) >= 11 is 0. The third kappa shape index (κ3) is 2.70. The average molecular weight is 331 g/mol. The predicted octanol–water partition coefficient (Wildman–Crippen LogP) is 2.03. The zero-order chi connectivity index (χ0) is 16.8. The number of rotatable bonds is 5. The highest BCUT2D eigenvalue weighted by Gasteiger charge is 2.50. The van der Waals surface area contributed by atoms with Crippen molar-refractivity contribution in [3.8, 4) is 11.5 Å². The van der Waals surface area contributed by atoms with Gasteiger partial charge in [-0.25, -0.2) is 4.79 Å². The molecular weight excluding hydrogens is 310 g/mol. The molecule has 4 rings (SSSR count). The predicted molar refractivity (Wildman–Crippen MR) is 85.2 cm³/mol. The summed E-state index contributed by atoms with van der Waals surface area (Å²) in [5.41, 5.74) is 1.07. The van der Waals surface area contributed by atoms with Gasteiger partial charge in [-0.3, -0.25) is 4.79 Å². The number of hydrogen-bond donors (Lipinski definition) is 1. The van der Waals surface area contributed by atoms with Crippen LogP contribution in [-0.4, -0.2) is 47.2 Å². The van der Waals surface area contributed by atoms with Crippen LogP contribution in [0.15, 0.2) is 18.2 Å². The largest absolute Gasteiger partial charge is 0.486 e. The van der Waals surface area contributed by atoms with Crippen molar-refractivity contribution in [1.29, 1.82) is 0 Å². The summed E-state index contributed by atoms with van der Waals surface area (Å²) in [6.07, 6.45) is 2.59. The molecule has 1 heterocycles. The van der Waals surface area contributed by atoms with E-state index in [0.29, 0.717) is 13.2 Å². The van der Waals surface area contributed by atoms with Gasteiger partial charge in [0.1, 0.15) is 19.3 Å². The van der Waals surface area contributed by atoms with E-state index in [-0.39, 0.29) is 23.8 Å². The van der Waals surface area contributed by atoms with Crippen LogP contribution in [-0.2, 0) is 9.59 Å². The molecule has 1 aromatic carbocycles. The van der Waals surface area contributed by atoms with E-state index in [4.69, 9.17) is 9.47 Å². The van der Waals surface area contributed by atoms with E-state index < -0.39 is 12.0 Å². The van der Waals surface area contributed by atoms with Gasteiger partial charge < -0.3 is 19.5 Å². The highest BCUT2D eigenvalue weighted by molar-refractivity contribution is 5.88. The number of amides is 1. The lowest BCUT2D eigenvalue weighted by molar-refractivity contribution is -0.150. The number of hydrogen-bond acceptors (Lipinski definition) is 4. The van der Waals surface area contributed by atoms with Crippen molar-refractivity contribution in [2.75, 3.05) is 13.2 Å². The molecule has 6 heteroatoms. The average Bonchev–Trinajstić information content (AvgIpc) is 3.47. The molecule has 2 aliphatic carbocycles. The van der Waals surface area contributed by atoms with Crippen LogP contribution in [0.4, 0.5) is 0 Å². The lowest BCUT2D eigenvalue weighted by atomic mass is 10.1. The number of fused-ring (bicyclic) bond motifs is 1. The van der Waals surface area contributed by atoms with Gasteiger partial charge in [0.05, 0.1) is 0 Å². The zero-order valence-electron chi connectivity index (χ0n) is 13.6. The number of benzene rings is 1. The summed E-state index contributed by atoms with van der Waals surface area (Å²) in [4.78, 5) is 25.7. The Hall–Kier alpha value is -2.24. The van der Waals surface area contributed by atoms with Crippen LogP contribution < -0.4 is 9.47 Å². The Bertz CT molecular complexity index is 684. The van der Waals surface area contributed by atoms with E-state index in [1.165, 1.54) is 0 Å². The Labute approximate surface area is 140 Å². The first-order valence-corrected chi connectivity index (χ1v) is 8.51. The summed E-state index contributed by atoms with van der Waals surface area (Å²) in [7, 11) is 0. The number of nitrogens with zero attached hydrogens (tertiary/aromatic N) is 1. The summed E-state index contributed by atoms with van der Waals surface area (Å²) in [5, 5.41) is 9.27. The van der Waals surface area contributed by atoms with Gasteiger partial charge in [-0.15, -0.1) is 0 Å². The maximum absolute atomic E-state index is 12.8. The number of aliphatic carboxylic acids is 1. The van der Waals surface area contributed by atoms with Crippen molar-refractivity contribution in [3.05, 3.63) is 23.8 Å². The maximum Gasteiger partial charge on any atom is 0.326 e. The first kappa shape index (κ1) is 15.3. The molecule has 1 aromatic rings. The van der Waals surface area contributed by atoms with Crippen LogP contribution >= 0.6 is 0 Å². The molecule has 3 unspecified atom stereocenters. The minimum absolute atomic E-state index is 0.0210. The lowest BCUT2D eigenvalue weighted by Crippen LogP contribution is -2.45. The van der Waals surface area contributed by atoms with E-state index in [9.17, 15) is 14.7 Å². The number of carbonyl (C=O) groups is 2. The van der Waals surface area contributed by atoms with E-state index in [1.807, 2.05) is 18.2 Å². The summed E-state index contributed by atoms with van der Waals surface area (Å²) in [6.45, 7) is 2.69. The Morgan fingerprint density at radius 3 is 2.58 bits per heavy atom. The van der Waals surface area contributed by atoms with E-state index in [0.717, 1.165) is 36.3 Å². The van der Waals surface area contributed by atoms with Crippen molar-refractivity contribution in [2.24, 2.45) is 5.92 Å². The quantitative estimate of drug-likeness (QED) is 0.893. The fourth-order valence-electron chi connectivity index (χ4n) is 3.48. The standard InChI is InChI=1S/C18H21NO5/c1-10(18(21)22)19(12-3-4-12)17(20)14-9-13(14)11-2-5-15-16(8-11)24-7-6-23-15/h2,5,8,10,12-14H,3-4,6-7,9H2,1H3,(H,21,22). The van der Waals surface area contributed by atoms with Crippen LogP contribution in [0.1, 0.15) is 37.7 Å². The Kier molecular flexibility index (Phi) is 3.62. The summed E-state index contributed by atoms with van der Waals surface area (Å²) in [6, 6.07) is 5.17. The number of carboxylic acids is 1. The normalized spacial score (nSPS) is 25.7. The van der Waals surface area contributed by atoms with E-state index in [2.05, 4.69) is 0 Å². The molecule has 1 amide bonds. The zero-order valence-corrected chi connectivity index (χ0v) is 13.6. The third-order valence-electron chi connectivity index (χ3n) is 5.07. The van der Waals surface area contributed by atoms with E-state index >= 15 is 0 Å². The first-order chi connectivity index (χ1) is 11.6. The molecule has 3 atom stereocenters. The van der Waals surface area contributed by atoms with Gasteiger partial charge in [0.25, 0.3) is 0 Å². The fraction of sp³-hybridized carbons (Fsp3) is 0.556. The van der Waals surface area contributed by atoms with Crippen LogP contribution in [0.5, 0.6) is 11.5 Å². The molecule has 0 saturated heterocycles. The minimum atomic E-state index is -0.938. The van der Waals surface area contributed by atoms with E-state index in [1.54, 1.807) is 11.8 Å². The van der Waals surface area contributed by atoms with Crippen molar-refractivity contribution in [2.45, 2.75) is 44.2 Å². The molecule has 0 aromatic heterocycles. The van der Waals surface area contributed by atoms with Gasteiger partial charge in [0.15, 0.2) is 11.5 Å². The molecule has 0 spiro atoms. The van der Waals surface area contributed by atoms with Crippen LogP contribution in [0.2, 0.25) is 0 Å². The monoisotopic (exact) mass is 331 g/mol. The molecule has 0 radical (unpaired) electrons. The number of carbonyl (C=O) groups excluding carboxylic acids is 1. The van der Waals surface area contributed by atoms with Crippen LogP contribution in [0.3, 0.4) is 0 Å². The molecule has 1 N–H and O–H groups in total. The second-order valence-electron chi connectivity index (χ2n) is 6.84. The van der Waals surface area contributed by atoms with Gasteiger partial charge in [0.2, 0.25) is 5.91 Å². The molecule has 128 valence electrons. The molecule has 2 saturated carbocycles. The summed E-state index contributed by atoms with van der Waals surface area (Å²) < 4.78 is 11.1. The Morgan fingerprint density at radius 2 is 1.92 bits per heavy atom. The second-order valence-corrected chi connectivity index (χ2v) is 6.84. The van der Waals surface area contributed by atoms with Crippen molar-refractivity contribution in [3.63, 3.8) is 0 Å². The lowest BCUT2D eigenvalue weighted by Gasteiger charge is -2.26. The van der Waals surface area contributed by atoms with Gasteiger partial charge in [-0.2, -0.15) is 0 Å². The summed E-state index contributed by atoms with van der Waals surface area (Å²) in [5.74, 6) is 0.548. The highest BCUT2D eigenvalue weighted by Crippen LogP contribution is 2.51. The second kappa shape index (κ2) is 5.69. The van der Waals surface area contributed by atoms with Crippen molar-refractivity contribution in [1.82, 2.24) is 4.90 Å².